The standard InChI is InChI=1S/C28H22BrFN2O3/c29-24-15-16-26(35-19-20-9-7-8-14-25(20)30)21(17-24)18-31-32-27(33)28(34,22-10-3-1-4-11-22)23-12-5-2-6-13-23/h1-18,34H,19H2,(H,32,33)/b31-18-. The average Bonchev–Trinajstić information content (AvgIpc) is 2.89. The average molecular weight is 533 g/mol. The Balaban J connectivity index is 1.55. The highest BCUT2D eigenvalue weighted by atomic mass is 79.9. The number of carbonyl (C=O) groups excluding carboxylic acids is 1. The Bertz CT molecular complexity index is 1290. The van der Waals surface area contributed by atoms with E-state index < -0.39 is 11.5 Å². The maximum atomic E-state index is 14.0. The molecule has 4 rings (SSSR count). The van der Waals surface area contributed by atoms with E-state index in [4.69, 9.17) is 4.74 Å². The van der Waals surface area contributed by atoms with Crippen molar-refractivity contribution in [1.29, 1.82) is 0 Å². The van der Waals surface area contributed by atoms with Gasteiger partial charge in [0.25, 0.3) is 5.91 Å². The number of nitrogens with zero attached hydrogens (tertiary/aromatic N) is 1. The molecule has 4 aromatic carbocycles. The maximum absolute atomic E-state index is 14.0. The molecule has 0 heterocycles. The number of rotatable bonds is 8. The summed E-state index contributed by atoms with van der Waals surface area (Å²) in [6.45, 7) is 0.0310. The summed E-state index contributed by atoms with van der Waals surface area (Å²) in [7, 11) is 0. The number of ether oxygens (including phenoxy) is 1. The molecule has 0 bridgehead atoms. The van der Waals surface area contributed by atoms with Crippen LogP contribution in [0.1, 0.15) is 22.3 Å². The minimum atomic E-state index is -1.94. The summed E-state index contributed by atoms with van der Waals surface area (Å²) >= 11 is 3.41. The highest BCUT2D eigenvalue weighted by molar-refractivity contribution is 9.10. The number of hydrogen-bond acceptors (Lipinski definition) is 4. The zero-order valence-corrected chi connectivity index (χ0v) is 20.2. The summed E-state index contributed by atoms with van der Waals surface area (Å²) in [5.41, 5.74) is 2.30. The van der Waals surface area contributed by atoms with Crippen LogP contribution >= 0.6 is 15.9 Å². The monoisotopic (exact) mass is 532 g/mol. The molecule has 5 nitrogen and oxygen atoms in total. The largest absolute Gasteiger partial charge is 0.488 e. The van der Waals surface area contributed by atoms with E-state index in [2.05, 4.69) is 26.5 Å². The lowest BCUT2D eigenvalue weighted by Gasteiger charge is -2.27. The Labute approximate surface area is 211 Å². The third kappa shape index (κ3) is 5.65. The van der Waals surface area contributed by atoms with Crippen LogP contribution in [-0.4, -0.2) is 17.2 Å². The van der Waals surface area contributed by atoms with Crippen LogP contribution in [0.5, 0.6) is 5.75 Å². The molecule has 0 aliphatic rings. The summed E-state index contributed by atoms with van der Waals surface area (Å²) < 4.78 is 20.5. The van der Waals surface area contributed by atoms with Crippen molar-refractivity contribution in [3.05, 3.63) is 136 Å². The molecule has 0 fully saturated rings. The molecule has 1 amide bonds. The predicted octanol–water partition coefficient (Wildman–Crippen LogP) is 5.55. The summed E-state index contributed by atoms with van der Waals surface area (Å²) in [5.74, 6) is -0.612. The van der Waals surface area contributed by atoms with Crippen molar-refractivity contribution < 1.29 is 19.0 Å². The van der Waals surface area contributed by atoms with Gasteiger partial charge in [-0.1, -0.05) is 94.8 Å². The highest BCUT2D eigenvalue weighted by Gasteiger charge is 2.39. The van der Waals surface area contributed by atoms with Gasteiger partial charge in [0.1, 0.15) is 18.2 Å². The molecule has 0 aliphatic heterocycles. The lowest BCUT2D eigenvalue weighted by Crippen LogP contribution is -2.43. The number of benzene rings is 4. The fourth-order valence-electron chi connectivity index (χ4n) is 3.55. The van der Waals surface area contributed by atoms with Crippen molar-refractivity contribution in [3.8, 4) is 5.75 Å². The molecular formula is C28H22BrFN2O3. The van der Waals surface area contributed by atoms with E-state index in [9.17, 15) is 14.3 Å². The summed E-state index contributed by atoms with van der Waals surface area (Å²) in [4.78, 5) is 13.2. The molecule has 35 heavy (non-hydrogen) atoms. The molecule has 0 aliphatic carbocycles. The van der Waals surface area contributed by atoms with Gasteiger partial charge in [0, 0.05) is 15.6 Å². The number of halogens is 2. The van der Waals surface area contributed by atoms with Gasteiger partial charge in [-0.25, -0.2) is 9.82 Å². The number of hydrogen-bond donors (Lipinski definition) is 2. The Morgan fingerprint density at radius 3 is 2.17 bits per heavy atom. The first-order chi connectivity index (χ1) is 17.0. The molecule has 0 aromatic heterocycles. The molecular weight excluding hydrogens is 511 g/mol. The van der Waals surface area contributed by atoms with Crippen LogP contribution in [0.25, 0.3) is 0 Å². The van der Waals surface area contributed by atoms with E-state index in [1.54, 1.807) is 97.1 Å². The molecule has 0 saturated heterocycles. The second kappa shape index (κ2) is 11.1. The number of amides is 1. The zero-order chi connectivity index (χ0) is 24.7. The normalized spacial score (nSPS) is 11.4. The molecule has 0 unspecified atom stereocenters. The van der Waals surface area contributed by atoms with Gasteiger partial charge in [-0.3, -0.25) is 4.79 Å². The fourth-order valence-corrected chi connectivity index (χ4v) is 3.93. The van der Waals surface area contributed by atoms with Crippen LogP contribution in [0, 0.1) is 5.82 Å². The topological polar surface area (TPSA) is 70.9 Å². The van der Waals surface area contributed by atoms with Gasteiger partial charge in [-0.2, -0.15) is 5.10 Å². The predicted molar refractivity (Wildman–Crippen MR) is 136 cm³/mol. The maximum Gasteiger partial charge on any atom is 0.281 e. The Hall–Kier alpha value is -3.81. The lowest BCUT2D eigenvalue weighted by molar-refractivity contribution is -0.136. The van der Waals surface area contributed by atoms with E-state index in [0.29, 0.717) is 28.0 Å². The molecule has 2 N–H and O–H groups in total. The molecule has 0 radical (unpaired) electrons. The quantitative estimate of drug-likeness (QED) is 0.231. The van der Waals surface area contributed by atoms with Crippen molar-refractivity contribution in [2.45, 2.75) is 12.2 Å². The SMILES string of the molecule is O=C(N/N=C\c1cc(Br)ccc1OCc1ccccc1F)C(O)(c1ccccc1)c1ccccc1. The van der Waals surface area contributed by atoms with E-state index >= 15 is 0 Å². The Kier molecular flexibility index (Phi) is 7.70. The first kappa shape index (κ1) is 24.3. The van der Waals surface area contributed by atoms with Crippen LogP contribution in [-0.2, 0) is 17.0 Å². The number of nitrogens with one attached hydrogen (secondary N) is 1. The Morgan fingerprint density at radius 1 is 0.943 bits per heavy atom. The van der Waals surface area contributed by atoms with Crippen LogP contribution in [0.2, 0.25) is 0 Å². The highest BCUT2D eigenvalue weighted by Crippen LogP contribution is 2.30. The molecule has 7 heteroatoms. The zero-order valence-electron chi connectivity index (χ0n) is 18.6. The smallest absolute Gasteiger partial charge is 0.281 e. The van der Waals surface area contributed by atoms with E-state index in [1.807, 2.05) is 0 Å². The van der Waals surface area contributed by atoms with Crippen molar-refractivity contribution in [1.82, 2.24) is 5.43 Å². The lowest BCUT2D eigenvalue weighted by atomic mass is 9.85. The minimum absolute atomic E-state index is 0.0310. The van der Waals surface area contributed by atoms with Crippen LogP contribution in [0.4, 0.5) is 4.39 Å². The fraction of sp³-hybridized carbons (Fsp3) is 0.0714. The first-order valence-electron chi connectivity index (χ1n) is 10.8. The third-order valence-corrected chi connectivity index (χ3v) is 5.89. The number of aliphatic hydroxyl groups is 1. The van der Waals surface area contributed by atoms with Crippen LogP contribution < -0.4 is 10.2 Å². The Morgan fingerprint density at radius 2 is 1.54 bits per heavy atom. The number of carbonyl (C=O) groups is 1. The van der Waals surface area contributed by atoms with Crippen molar-refractivity contribution in [2.75, 3.05) is 0 Å². The third-order valence-electron chi connectivity index (χ3n) is 5.39. The van der Waals surface area contributed by atoms with E-state index in [0.717, 1.165) is 4.47 Å². The van der Waals surface area contributed by atoms with E-state index in [1.165, 1.54) is 12.3 Å². The molecule has 0 spiro atoms. The van der Waals surface area contributed by atoms with Crippen molar-refractivity contribution >= 4 is 28.1 Å². The molecule has 176 valence electrons. The summed E-state index contributed by atoms with van der Waals surface area (Å²) in [5, 5.41) is 15.6. The van der Waals surface area contributed by atoms with Gasteiger partial charge in [-0.05, 0) is 35.4 Å². The van der Waals surface area contributed by atoms with Crippen LogP contribution in [0.15, 0.2) is 113 Å². The van der Waals surface area contributed by atoms with Gasteiger partial charge >= 0.3 is 0 Å². The number of hydrazone groups is 1. The summed E-state index contributed by atoms with van der Waals surface area (Å²) in [6, 6.07) is 29.0. The minimum Gasteiger partial charge on any atom is -0.488 e. The van der Waals surface area contributed by atoms with Crippen molar-refractivity contribution in [3.63, 3.8) is 0 Å². The second-order valence-electron chi connectivity index (χ2n) is 7.70. The van der Waals surface area contributed by atoms with Crippen LogP contribution in [0.3, 0.4) is 0 Å². The van der Waals surface area contributed by atoms with Gasteiger partial charge < -0.3 is 9.84 Å². The van der Waals surface area contributed by atoms with E-state index in [-0.39, 0.29) is 12.4 Å². The first-order valence-corrected chi connectivity index (χ1v) is 11.6. The molecule has 0 saturated carbocycles. The van der Waals surface area contributed by atoms with Gasteiger partial charge in [0.05, 0.1) is 6.21 Å². The van der Waals surface area contributed by atoms with Gasteiger partial charge in [-0.15, -0.1) is 0 Å². The van der Waals surface area contributed by atoms with Gasteiger partial charge in [0.15, 0.2) is 5.60 Å². The van der Waals surface area contributed by atoms with Gasteiger partial charge in [0.2, 0.25) is 0 Å². The van der Waals surface area contributed by atoms with Crippen molar-refractivity contribution in [2.24, 2.45) is 5.10 Å². The molecule has 4 aromatic rings. The molecule has 0 atom stereocenters. The second-order valence-corrected chi connectivity index (χ2v) is 8.62. The summed E-state index contributed by atoms with van der Waals surface area (Å²) in [6.07, 6.45) is 1.41.